The average Bonchev–Trinajstić information content (AvgIpc) is 2.62. The standard InChI is InChI=1S/C9H15N3S/c1-6-2-3-7(4-6)12-9-11-5-8(10)13-9/h5-7H,2-4,10H2,1H3,(H,11,12). The highest BCUT2D eigenvalue weighted by atomic mass is 32.1. The predicted molar refractivity (Wildman–Crippen MR) is 57.0 cm³/mol. The Hall–Kier alpha value is -0.770. The van der Waals surface area contributed by atoms with Gasteiger partial charge in [0, 0.05) is 6.04 Å². The first-order valence-corrected chi connectivity index (χ1v) is 5.53. The molecular weight excluding hydrogens is 182 g/mol. The Labute approximate surface area is 82.4 Å². The third-order valence-electron chi connectivity index (χ3n) is 2.55. The molecule has 72 valence electrons. The molecule has 0 aromatic carbocycles. The lowest BCUT2D eigenvalue weighted by molar-refractivity contribution is 0.602. The van der Waals surface area contributed by atoms with Crippen LogP contribution in [0.25, 0.3) is 0 Å². The first kappa shape index (κ1) is 8.81. The van der Waals surface area contributed by atoms with Crippen molar-refractivity contribution in [3.8, 4) is 0 Å². The number of aromatic nitrogens is 1. The third-order valence-corrected chi connectivity index (χ3v) is 3.30. The summed E-state index contributed by atoms with van der Waals surface area (Å²) in [6, 6.07) is 0.612. The number of nitrogens with one attached hydrogen (secondary N) is 1. The van der Waals surface area contributed by atoms with Crippen molar-refractivity contribution in [3.63, 3.8) is 0 Å². The molecule has 0 aliphatic heterocycles. The van der Waals surface area contributed by atoms with Gasteiger partial charge in [-0.1, -0.05) is 18.3 Å². The maximum absolute atomic E-state index is 5.60. The van der Waals surface area contributed by atoms with E-state index in [1.54, 1.807) is 6.20 Å². The Morgan fingerprint density at radius 3 is 3.00 bits per heavy atom. The van der Waals surface area contributed by atoms with Gasteiger partial charge in [0.15, 0.2) is 5.13 Å². The molecule has 1 aliphatic carbocycles. The van der Waals surface area contributed by atoms with Crippen molar-refractivity contribution in [2.45, 2.75) is 32.2 Å². The Morgan fingerprint density at radius 2 is 2.46 bits per heavy atom. The van der Waals surface area contributed by atoms with Gasteiger partial charge in [-0.2, -0.15) is 0 Å². The van der Waals surface area contributed by atoms with Gasteiger partial charge in [-0.3, -0.25) is 0 Å². The lowest BCUT2D eigenvalue weighted by Crippen LogP contribution is -2.14. The van der Waals surface area contributed by atoms with Crippen LogP contribution < -0.4 is 11.1 Å². The second kappa shape index (κ2) is 3.54. The van der Waals surface area contributed by atoms with Crippen molar-refractivity contribution in [2.75, 3.05) is 11.1 Å². The smallest absolute Gasteiger partial charge is 0.184 e. The molecule has 1 fully saturated rings. The van der Waals surface area contributed by atoms with E-state index in [-0.39, 0.29) is 0 Å². The molecule has 0 spiro atoms. The minimum atomic E-state index is 0.612. The van der Waals surface area contributed by atoms with Crippen LogP contribution in [0.1, 0.15) is 26.2 Å². The summed E-state index contributed by atoms with van der Waals surface area (Å²) in [5.74, 6) is 0.856. The molecule has 0 radical (unpaired) electrons. The van der Waals surface area contributed by atoms with Crippen molar-refractivity contribution in [1.82, 2.24) is 4.98 Å². The molecule has 1 saturated carbocycles. The minimum Gasteiger partial charge on any atom is -0.389 e. The molecule has 3 nitrogen and oxygen atoms in total. The molecule has 1 aliphatic rings. The number of anilines is 2. The van der Waals surface area contributed by atoms with Gasteiger partial charge in [0.2, 0.25) is 0 Å². The quantitative estimate of drug-likeness (QED) is 0.765. The molecule has 1 heterocycles. The largest absolute Gasteiger partial charge is 0.389 e. The van der Waals surface area contributed by atoms with E-state index < -0.39 is 0 Å². The minimum absolute atomic E-state index is 0.612. The summed E-state index contributed by atoms with van der Waals surface area (Å²) in [5, 5.41) is 5.17. The fourth-order valence-corrected chi connectivity index (χ4v) is 2.53. The molecule has 2 unspecified atom stereocenters. The zero-order valence-electron chi connectivity index (χ0n) is 7.79. The number of hydrogen-bond acceptors (Lipinski definition) is 4. The van der Waals surface area contributed by atoms with E-state index >= 15 is 0 Å². The van der Waals surface area contributed by atoms with Crippen molar-refractivity contribution in [3.05, 3.63) is 6.20 Å². The Balaban J connectivity index is 1.91. The number of nitrogen functional groups attached to an aromatic ring is 1. The van der Waals surface area contributed by atoms with E-state index in [4.69, 9.17) is 5.73 Å². The van der Waals surface area contributed by atoms with Gasteiger partial charge >= 0.3 is 0 Å². The molecule has 0 bridgehead atoms. The molecule has 0 saturated heterocycles. The lowest BCUT2D eigenvalue weighted by Gasteiger charge is -2.10. The van der Waals surface area contributed by atoms with Crippen LogP contribution >= 0.6 is 11.3 Å². The molecule has 0 amide bonds. The van der Waals surface area contributed by atoms with Crippen LogP contribution in [-0.2, 0) is 0 Å². The second-order valence-corrected chi connectivity index (χ2v) is 4.89. The van der Waals surface area contributed by atoms with Gasteiger partial charge in [-0.25, -0.2) is 4.98 Å². The van der Waals surface area contributed by atoms with E-state index in [0.717, 1.165) is 16.1 Å². The van der Waals surface area contributed by atoms with Crippen LogP contribution in [0.5, 0.6) is 0 Å². The number of thiazole rings is 1. The van der Waals surface area contributed by atoms with Crippen molar-refractivity contribution in [1.29, 1.82) is 0 Å². The number of rotatable bonds is 2. The first-order chi connectivity index (χ1) is 6.24. The Morgan fingerprint density at radius 1 is 1.62 bits per heavy atom. The second-order valence-electron chi connectivity index (χ2n) is 3.83. The highest BCUT2D eigenvalue weighted by Crippen LogP contribution is 2.29. The van der Waals surface area contributed by atoms with Gasteiger partial charge in [0.1, 0.15) is 5.00 Å². The molecule has 4 heteroatoms. The molecule has 13 heavy (non-hydrogen) atoms. The van der Waals surface area contributed by atoms with Gasteiger partial charge in [-0.15, -0.1) is 0 Å². The van der Waals surface area contributed by atoms with E-state index in [2.05, 4.69) is 17.2 Å². The monoisotopic (exact) mass is 197 g/mol. The van der Waals surface area contributed by atoms with Gasteiger partial charge in [0.25, 0.3) is 0 Å². The van der Waals surface area contributed by atoms with Gasteiger partial charge in [-0.05, 0) is 25.2 Å². The zero-order chi connectivity index (χ0) is 9.26. The summed E-state index contributed by atoms with van der Waals surface area (Å²) in [4.78, 5) is 4.19. The molecule has 2 rings (SSSR count). The van der Waals surface area contributed by atoms with E-state index in [9.17, 15) is 0 Å². The van der Waals surface area contributed by atoms with Gasteiger partial charge in [0.05, 0.1) is 6.20 Å². The Bertz CT molecular complexity index is 284. The van der Waals surface area contributed by atoms with Crippen molar-refractivity contribution < 1.29 is 0 Å². The van der Waals surface area contributed by atoms with Crippen LogP contribution in [0.3, 0.4) is 0 Å². The SMILES string of the molecule is CC1CCC(Nc2ncc(N)s2)C1. The summed E-state index contributed by atoms with van der Waals surface area (Å²) >= 11 is 1.53. The highest BCUT2D eigenvalue weighted by molar-refractivity contribution is 7.19. The molecular formula is C9H15N3S. The summed E-state index contributed by atoms with van der Waals surface area (Å²) < 4.78 is 0. The molecule has 2 atom stereocenters. The van der Waals surface area contributed by atoms with E-state index in [1.165, 1.54) is 30.6 Å². The normalized spacial score (nSPS) is 27.8. The molecule has 1 aromatic rings. The number of hydrogen-bond donors (Lipinski definition) is 2. The van der Waals surface area contributed by atoms with Crippen LogP contribution in [0.4, 0.5) is 10.1 Å². The Kier molecular flexibility index (Phi) is 2.40. The maximum Gasteiger partial charge on any atom is 0.184 e. The van der Waals surface area contributed by atoms with Crippen molar-refractivity contribution >= 4 is 21.5 Å². The zero-order valence-corrected chi connectivity index (χ0v) is 8.60. The first-order valence-electron chi connectivity index (χ1n) is 4.72. The molecule has 1 aromatic heterocycles. The molecule has 3 N–H and O–H groups in total. The summed E-state index contributed by atoms with van der Waals surface area (Å²) in [5.41, 5.74) is 5.60. The van der Waals surface area contributed by atoms with Crippen LogP contribution in [0.2, 0.25) is 0 Å². The van der Waals surface area contributed by atoms with Crippen LogP contribution in [0.15, 0.2) is 6.20 Å². The average molecular weight is 197 g/mol. The number of nitrogens with zero attached hydrogens (tertiary/aromatic N) is 1. The summed E-state index contributed by atoms with van der Waals surface area (Å²) in [6.07, 6.45) is 5.57. The maximum atomic E-state index is 5.60. The topological polar surface area (TPSA) is 50.9 Å². The summed E-state index contributed by atoms with van der Waals surface area (Å²) in [7, 11) is 0. The highest BCUT2D eigenvalue weighted by Gasteiger charge is 2.21. The van der Waals surface area contributed by atoms with Crippen molar-refractivity contribution in [2.24, 2.45) is 5.92 Å². The number of nitrogens with two attached hydrogens (primary N) is 1. The van der Waals surface area contributed by atoms with Gasteiger partial charge < -0.3 is 11.1 Å². The third kappa shape index (κ3) is 2.12. The predicted octanol–water partition coefficient (Wildman–Crippen LogP) is 2.33. The van der Waals surface area contributed by atoms with Crippen LogP contribution in [0, 0.1) is 5.92 Å². The van der Waals surface area contributed by atoms with E-state index in [1.807, 2.05) is 0 Å². The van der Waals surface area contributed by atoms with Crippen LogP contribution in [-0.4, -0.2) is 11.0 Å². The van der Waals surface area contributed by atoms with E-state index in [0.29, 0.717) is 6.04 Å². The summed E-state index contributed by atoms with van der Waals surface area (Å²) in [6.45, 7) is 2.30. The fraction of sp³-hybridized carbons (Fsp3) is 0.667. The fourth-order valence-electron chi connectivity index (χ4n) is 1.87. The lowest BCUT2D eigenvalue weighted by atomic mass is 10.1.